The molecule has 0 aliphatic rings. The first kappa shape index (κ1) is 14.8. The van der Waals surface area contributed by atoms with Gasteiger partial charge in [0.2, 0.25) is 5.91 Å². The summed E-state index contributed by atoms with van der Waals surface area (Å²) in [5.41, 5.74) is 0.722. The van der Waals surface area contributed by atoms with Gasteiger partial charge in [-0.1, -0.05) is 43.3 Å². The molecule has 2 rings (SSSR count). The topological polar surface area (TPSA) is 70.2 Å². The van der Waals surface area contributed by atoms with Gasteiger partial charge in [-0.3, -0.25) is 4.79 Å². The van der Waals surface area contributed by atoms with Gasteiger partial charge in [-0.25, -0.2) is 4.79 Å². The predicted molar refractivity (Wildman–Crippen MR) is 84.3 cm³/mol. The van der Waals surface area contributed by atoms with Gasteiger partial charge in [0.05, 0.1) is 12.2 Å². The monoisotopic (exact) mass is 285 g/mol. The average Bonchev–Trinajstić information content (AvgIpc) is 2.51. The Labute approximate surface area is 123 Å². The Morgan fingerprint density at radius 2 is 1.76 bits per heavy atom. The van der Waals surface area contributed by atoms with Crippen molar-refractivity contribution in [2.24, 2.45) is 0 Å². The van der Waals surface area contributed by atoms with Crippen molar-refractivity contribution in [2.45, 2.75) is 13.3 Å². The number of benzene rings is 2. The van der Waals surface area contributed by atoms with Crippen LogP contribution in [0.5, 0.6) is 0 Å². The third kappa shape index (κ3) is 4.21. The van der Waals surface area contributed by atoms with E-state index in [2.05, 4.69) is 16.0 Å². The minimum atomic E-state index is -0.391. The summed E-state index contributed by atoms with van der Waals surface area (Å²) >= 11 is 0. The summed E-state index contributed by atoms with van der Waals surface area (Å²) in [6, 6.07) is 13.1. The molecule has 0 aromatic heterocycles. The fourth-order valence-corrected chi connectivity index (χ4v) is 1.99. The lowest BCUT2D eigenvalue weighted by atomic mass is 10.1. The van der Waals surface area contributed by atoms with Gasteiger partial charge in [0, 0.05) is 11.9 Å². The van der Waals surface area contributed by atoms with Crippen LogP contribution < -0.4 is 16.0 Å². The van der Waals surface area contributed by atoms with Crippen LogP contribution in [-0.2, 0) is 4.79 Å². The lowest BCUT2D eigenvalue weighted by Gasteiger charge is -2.10. The predicted octanol–water partition coefficient (Wildman–Crippen LogP) is 2.49. The number of hydrogen-bond donors (Lipinski definition) is 3. The average molecular weight is 285 g/mol. The van der Waals surface area contributed by atoms with Crippen molar-refractivity contribution >= 4 is 28.4 Å². The van der Waals surface area contributed by atoms with E-state index in [9.17, 15) is 9.59 Å². The van der Waals surface area contributed by atoms with E-state index >= 15 is 0 Å². The fraction of sp³-hybridized carbons (Fsp3) is 0.250. The van der Waals surface area contributed by atoms with Gasteiger partial charge in [-0.05, 0) is 17.9 Å². The van der Waals surface area contributed by atoms with Crippen molar-refractivity contribution in [3.8, 4) is 0 Å². The van der Waals surface area contributed by atoms with E-state index in [1.165, 1.54) is 0 Å². The Morgan fingerprint density at radius 1 is 1.00 bits per heavy atom. The molecule has 5 heteroatoms. The van der Waals surface area contributed by atoms with Gasteiger partial charge in [-0.15, -0.1) is 0 Å². The Balaban J connectivity index is 1.94. The van der Waals surface area contributed by atoms with Gasteiger partial charge in [0.1, 0.15) is 0 Å². The second-order valence-corrected chi connectivity index (χ2v) is 4.68. The van der Waals surface area contributed by atoms with Crippen molar-refractivity contribution in [1.29, 1.82) is 0 Å². The van der Waals surface area contributed by atoms with Crippen molar-refractivity contribution in [1.82, 2.24) is 10.6 Å². The largest absolute Gasteiger partial charge is 0.355 e. The number of carbonyl (C=O) groups excluding carboxylic acids is 2. The van der Waals surface area contributed by atoms with Crippen LogP contribution in [0.1, 0.15) is 13.3 Å². The lowest BCUT2D eigenvalue weighted by molar-refractivity contribution is -0.120. The number of rotatable bonds is 5. The molecule has 21 heavy (non-hydrogen) atoms. The first-order valence-corrected chi connectivity index (χ1v) is 7.00. The number of nitrogens with one attached hydrogen (secondary N) is 3. The molecule has 3 N–H and O–H groups in total. The van der Waals surface area contributed by atoms with E-state index in [1.807, 2.05) is 49.4 Å². The minimum absolute atomic E-state index is 0.0312. The van der Waals surface area contributed by atoms with Crippen LogP contribution >= 0.6 is 0 Å². The number of fused-ring (bicyclic) bond motifs is 1. The maximum absolute atomic E-state index is 11.8. The highest BCUT2D eigenvalue weighted by molar-refractivity contribution is 6.02. The maximum atomic E-state index is 11.8. The highest BCUT2D eigenvalue weighted by Crippen LogP contribution is 2.22. The molecule has 0 atom stereocenters. The zero-order chi connectivity index (χ0) is 15.1. The highest BCUT2D eigenvalue weighted by atomic mass is 16.2. The third-order valence-electron chi connectivity index (χ3n) is 3.02. The Kier molecular flexibility index (Phi) is 5.15. The summed E-state index contributed by atoms with van der Waals surface area (Å²) < 4.78 is 0. The molecule has 0 aliphatic carbocycles. The first-order valence-electron chi connectivity index (χ1n) is 7.00. The van der Waals surface area contributed by atoms with Gasteiger partial charge in [0.25, 0.3) is 0 Å². The second-order valence-electron chi connectivity index (χ2n) is 4.68. The van der Waals surface area contributed by atoms with Gasteiger partial charge < -0.3 is 16.0 Å². The Bertz CT molecular complexity index is 635. The molecule has 3 amide bonds. The zero-order valence-electron chi connectivity index (χ0n) is 12.0. The van der Waals surface area contributed by atoms with Gasteiger partial charge in [0.15, 0.2) is 0 Å². The number of anilines is 1. The quantitative estimate of drug-likeness (QED) is 0.790. The van der Waals surface area contributed by atoms with Crippen LogP contribution in [0.4, 0.5) is 10.5 Å². The summed E-state index contributed by atoms with van der Waals surface area (Å²) in [6.07, 6.45) is 0.869. The molecule has 110 valence electrons. The normalized spacial score (nSPS) is 10.1. The van der Waals surface area contributed by atoms with Crippen LogP contribution in [0, 0.1) is 0 Å². The first-order chi connectivity index (χ1) is 10.2. The van der Waals surface area contributed by atoms with Crippen LogP contribution in [0.25, 0.3) is 10.8 Å². The van der Waals surface area contributed by atoms with Crippen molar-refractivity contribution in [2.75, 3.05) is 18.4 Å². The molecule has 5 nitrogen and oxygen atoms in total. The summed E-state index contributed by atoms with van der Waals surface area (Å²) in [5.74, 6) is -0.190. The van der Waals surface area contributed by atoms with E-state index in [0.717, 1.165) is 22.9 Å². The molecule has 0 saturated heterocycles. The standard InChI is InChI=1S/C16H19N3O2/c1-2-10-17-15(20)11-18-16(21)19-14-9-5-7-12-6-3-4-8-13(12)14/h3-9H,2,10-11H2,1H3,(H,17,20)(H2,18,19,21). The van der Waals surface area contributed by atoms with Crippen LogP contribution in [0.15, 0.2) is 42.5 Å². The van der Waals surface area contributed by atoms with Crippen molar-refractivity contribution in [3.63, 3.8) is 0 Å². The molecule has 0 heterocycles. The lowest BCUT2D eigenvalue weighted by Crippen LogP contribution is -2.39. The second kappa shape index (κ2) is 7.28. The molecule has 0 spiro atoms. The Morgan fingerprint density at radius 3 is 2.57 bits per heavy atom. The van der Waals surface area contributed by atoms with Crippen LogP contribution in [0.3, 0.4) is 0 Å². The molecule has 0 fully saturated rings. The van der Waals surface area contributed by atoms with Crippen molar-refractivity contribution < 1.29 is 9.59 Å². The molecule has 0 saturated carbocycles. The Hall–Kier alpha value is -2.56. The smallest absolute Gasteiger partial charge is 0.319 e. The van der Waals surface area contributed by atoms with Gasteiger partial charge in [-0.2, -0.15) is 0 Å². The molecular weight excluding hydrogens is 266 g/mol. The SMILES string of the molecule is CCCNC(=O)CNC(=O)Nc1cccc2ccccc12. The van der Waals surface area contributed by atoms with Gasteiger partial charge >= 0.3 is 6.03 Å². The summed E-state index contributed by atoms with van der Waals surface area (Å²) in [4.78, 5) is 23.2. The highest BCUT2D eigenvalue weighted by Gasteiger charge is 2.07. The molecular formula is C16H19N3O2. The van der Waals surface area contributed by atoms with E-state index in [-0.39, 0.29) is 12.5 Å². The number of urea groups is 1. The molecule has 0 radical (unpaired) electrons. The van der Waals surface area contributed by atoms with E-state index in [4.69, 9.17) is 0 Å². The van der Waals surface area contributed by atoms with Crippen LogP contribution in [-0.4, -0.2) is 25.0 Å². The molecule has 0 aliphatic heterocycles. The molecule has 0 bridgehead atoms. The fourth-order valence-electron chi connectivity index (χ4n) is 1.99. The van der Waals surface area contributed by atoms with Crippen molar-refractivity contribution in [3.05, 3.63) is 42.5 Å². The molecule has 2 aromatic carbocycles. The maximum Gasteiger partial charge on any atom is 0.319 e. The van der Waals surface area contributed by atoms with Crippen LogP contribution in [0.2, 0.25) is 0 Å². The molecule has 0 unspecified atom stereocenters. The van der Waals surface area contributed by atoms with E-state index in [0.29, 0.717) is 6.54 Å². The number of amides is 3. The number of carbonyl (C=O) groups is 2. The van der Waals surface area contributed by atoms with E-state index < -0.39 is 6.03 Å². The summed E-state index contributed by atoms with van der Waals surface area (Å²) in [7, 11) is 0. The summed E-state index contributed by atoms with van der Waals surface area (Å²) in [6.45, 7) is 2.56. The minimum Gasteiger partial charge on any atom is -0.355 e. The van der Waals surface area contributed by atoms with E-state index in [1.54, 1.807) is 0 Å². The third-order valence-corrected chi connectivity index (χ3v) is 3.02. The zero-order valence-corrected chi connectivity index (χ0v) is 12.0. The molecule has 2 aromatic rings. The number of hydrogen-bond acceptors (Lipinski definition) is 2. The summed E-state index contributed by atoms with van der Waals surface area (Å²) in [5, 5.41) is 10.0.